The fraction of sp³-hybridized carbons (Fsp3) is 0.571. The third-order valence-corrected chi connectivity index (χ3v) is 4.28. The Labute approximate surface area is 108 Å². The zero-order valence-electron chi connectivity index (χ0n) is 10.4. The van der Waals surface area contributed by atoms with Crippen LogP contribution in [0.4, 0.5) is 0 Å². The highest BCUT2D eigenvalue weighted by Gasteiger charge is 2.31. The molecular formula is C14H20ClNO. The van der Waals surface area contributed by atoms with E-state index in [1.54, 1.807) is 0 Å². The van der Waals surface area contributed by atoms with E-state index >= 15 is 0 Å². The third-order valence-electron chi connectivity index (χ3n) is 3.93. The number of rotatable bonds is 3. The summed E-state index contributed by atoms with van der Waals surface area (Å²) in [4.78, 5) is 2.25. The van der Waals surface area contributed by atoms with E-state index in [-0.39, 0.29) is 18.2 Å². The Morgan fingerprint density at radius 2 is 2.06 bits per heavy atom. The van der Waals surface area contributed by atoms with Crippen LogP contribution in [0.2, 0.25) is 5.02 Å². The van der Waals surface area contributed by atoms with Crippen LogP contribution < -0.4 is 0 Å². The highest BCUT2D eigenvalue weighted by molar-refractivity contribution is 6.31. The van der Waals surface area contributed by atoms with Gasteiger partial charge in [0.1, 0.15) is 0 Å². The van der Waals surface area contributed by atoms with Crippen molar-refractivity contribution in [2.24, 2.45) is 0 Å². The van der Waals surface area contributed by atoms with Gasteiger partial charge in [-0.2, -0.15) is 0 Å². The minimum atomic E-state index is -0.190. The minimum absolute atomic E-state index is 0.190. The SMILES string of the molecule is CC(c1ccccc1Cl)N(C)[C@@H]1CCC[C@H]1O. The number of hydrogen-bond acceptors (Lipinski definition) is 2. The van der Waals surface area contributed by atoms with Crippen molar-refractivity contribution in [1.82, 2.24) is 4.90 Å². The lowest BCUT2D eigenvalue weighted by atomic mass is 10.0. The monoisotopic (exact) mass is 253 g/mol. The summed E-state index contributed by atoms with van der Waals surface area (Å²) in [6, 6.07) is 8.44. The summed E-state index contributed by atoms with van der Waals surface area (Å²) in [6.45, 7) is 2.15. The molecule has 1 aromatic carbocycles. The molecule has 1 aromatic rings. The molecule has 1 aliphatic carbocycles. The van der Waals surface area contributed by atoms with Gasteiger partial charge in [-0.15, -0.1) is 0 Å². The number of likely N-dealkylation sites (N-methyl/N-ethyl adjacent to an activating group) is 1. The van der Waals surface area contributed by atoms with Crippen LogP contribution in [0.25, 0.3) is 0 Å². The zero-order chi connectivity index (χ0) is 12.4. The molecule has 17 heavy (non-hydrogen) atoms. The van der Waals surface area contributed by atoms with E-state index in [0.29, 0.717) is 0 Å². The average molecular weight is 254 g/mol. The van der Waals surface area contributed by atoms with E-state index in [4.69, 9.17) is 11.6 Å². The van der Waals surface area contributed by atoms with E-state index < -0.39 is 0 Å². The number of halogens is 1. The van der Waals surface area contributed by atoms with Crippen molar-refractivity contribution in [1.29, 1.82) is 0 Å². The van der Waals surface area contributed by atoms with Gasteiger partial charge >= 0.3 is 0 Å². The molecule has 94 valence electrons. The first-order chi connectivity index (χ1) is 8.11. The van der Waals surface area contributed by atoms with Gasteiger partial charge < -0.3 is 5.11 Å². The molecule has 0 bridgehead atoms. The van der Waals surface area contributed by atoms with E-state index in [2.05, 4.69) is 24.9 Å². The van der Waals surface area contributed by atoms with Crippen molar-refractivity contribution in [3.8, 4) is 0 Å². The van der Waals surface area contributed by atoms with Crippen LogP contribution in [0.3, 0.4) is 0 Å². The molecule has 1 saturated carbocycles. The maximum absolute atomic E-state index is 9.95. The normalized spacial score (nSPS) is 26.4. The summed E-state index contributed by atoms with van der Waals surface area (Å²) in [6.07, 6.45) is 2.92. The Morgan fingerprint density at radius 1 is 1.35 bits per heavy atom. The second-order valence-corrected chi connectivity index (χ2v) is 5.34. The Kier molecular flexibility index (Phi) is 4.08. The molecule has 0 radical (unpaired) electrons. The van der Waals surface area contributed by atoms with E-state index in [1.165, 1.54) is 0 Å². The first-order valence-electron chi connectivity index (χ1n) is 6.25. The largest absolute Gasteiger partial charge is 0.391 e. The molecule has 0 amide bonds. The molecule has 1 unspecified atom stereocenters. The summed E-state index contributed by atoms with van der Waals surface area (Å²) < 4.78 is 0. The molecule has 3 atom stereocenters. The Bertz CT molecular complexity index is 382. The number of benzene rings is 1. The molecule has 0 aromatic heterocycles. The van der Waals surface area contributed by atoms with Crippen LogP contribution in [-0.2, 0) is 0 Å². The molecule has 2 rings (SSSR count). The quantitative estimate of drug-likeness (QED) is 0.894. The van der Waals surface area contributed by atoms with Gasteiger partial charge in [0.05, 0.1) is 6.10 Å². The van der Waals surface area contributed by atoms with Gasteiger partial charge in [-0.3, -0.25) is 4.90 Å². The first kappa shape index (κ1) is 12.9. The predicted molar refractivity (Wildman–Crippen MR) is 71.3 cm³/mol. The van der Waals surface area contributed by atoms with E-state index in [1.807, 2.05) is 18.2 Å². The molecule has 1 N–H and O–H groups in total. The first-order valence-corrected chi connectivity index (χ1v) is 6.63. The van der Waals surface area contributed by atoms with Crippen molar-refractivity contribution >= 4 is 11.6 Å². The van der Waals surface area contributed by atoms with Crippen LogP contribution in [0.1, 0.15) is 37.8 Å². The van der Waals surface area contributed by atoms with Gasteiger partial charge in [0.2, 0.25) is 0 Å². The number of hydrogen-bond donors (Lipinski definition) is 1. The van der Waals surface area contributed by atoms with Gasteiger partial charge in [-0.25, -0.2) is 0 Å². The minimum Gasteiger partial charge on any atom is -0.391 e. The lowest BCUT2D eigenvalue weighted by Crippen LogP contribution is -2.39. The van der Waals surface area contributed by atoms with Crippen molar-refractivity contribution < 1.29 is 5.11 Å². The van der Waals surface area contributed by atoms with Gasteiger partial charge in [0.25, 0.3) is 0 Å². The topological polar surface area (TPSA) is 23.5 Å². The maximum Gasteiger partial charge on any atom is 0.0695 e. The lowest BCUT2D eigenvalue weighted by molar-refractivity contribution is 0.0655. The third kappa shape index (κ3) is 2.65. The van der Waals surface area contributed by atoms with Crippen molar-refractivity contribution in [2.45, 2.75) is 44.4 Å². The molecule has 0 heterocycles. The Balaban J connectivity index is 2.14. The van der Waals surface area contributed by atoms with Crippen molar-refractivity contribution in [2.75, 3.05) is 7.05 Å². The van der Waals surface area contributed by atoms with E-state index in [9.17, 15) is 5.11 Å². The molecule has 0 spiro atoms. The molecular weight excluding hydrogens is 234 g/mol. The second kappa shape index (κ2) is 5.38. The van der Waals surface area contributed by atoms with Gasteiger partial charge in [-0.1, -0.05) is 29.8 Å². The molecule has 1 aliphatic rings. The summed E-state index contributed by atoms with van der Waals surface area (Å²) >= 11 is 6.22. The molecule has 3 heteroatoms. The fourth-order valence-corrected chi connectivity index (χ4v) is 3.01. The maximum atomic E-state index is 9.95. The fourth-order valence-electron chi connectivity index (χ4n) is 2.72. The highest BCUT2D eigenvalue weighted by Crippen LogP contribution is 2.32. The van der Waals surface area contributed by atoms with Gasteiger partial charge in [0.15, 0.2) is 0 Å². The summed E-state index contributed by atoms with van der Waals surface area (Å²) in [5.74, 6) is 0. The standard InChI is InChI=1S/C14H20ClNO/c1-10(11-6-3-4-7-12(11)15)16(2)13-8-5-9-14(13)17/h3-4,6-7,10,13-14,17H,5,8-9H2,1-2H3/t10?,13-,14-/m1/s1. The van der Waals surface area contributed by atoms with Crippen LogP contribution in [-0.4, -0.2) is 29.2 Å². The summed E-state index contributed by atoms with van der Waals surface area (Å²) in [5, 5.41) is 10.8. The summed E-state index contributed by atoms with van der Waals surface area (Å²) in [7, 11) is 2.08. The van der Waals surface area contributed by atoms with Crippen LogP contribution >= 0.6 is 11.6 Å². The van der Waals surface area contributed by atoms with Crippen LogP contribution in [0.5, 0.6) is 0 Å². The zero-order valence-corrected chi connectivity index (χ0v) is 11.2. The lowest BCUT2D eigenvalue weighted by Gasteiger charge is -2.33. The number of aliphatic hydroxyl groups is 1. The molecule has 0 aliphatic heterocycles. The van der Waals surface area contributed by atoms with Crippen LogP contribution in [0.15, 0.2) is 24.3 Å². The van der Waals surface area contributed by atoms with Gasteiger partial charge in [-0.05, 0) is 44.9 Å². The number of nitrogens with zero attached hydrogens (tertiary/aromatic N) is 1. The van der Waals surface area contributed by atoms with E-state index in [0.717, 1.165) is 29.8 Å². The number of aliphatic hydroxyl groups excluding tert-OH is 1. The smallest absolute Gasteiger partial charge is 0.0695 e. The van der Waals surface area contributed by atoms with Crippen LogP contribution in [0, 0.1) is 0 Å². The highest BCUT2D eigenvalue weighted by atomic mass is 35.5. The predicted octanol–water partition coefficient (Wildman–Crippen LogP) is 3.25. The molecule has 2 nitrogen and oxygen atoms in total. The van der Waals surface area contributed by atoms with Crippen molar-refractivity contribution in [3.05, 3.63) is 34.9 Å². The second-order valence-electron chi connectivity index (χ2n) is 4.93. The molecule has 1 fully saturated rings. The summed E-state index contributed by atoms with van der Waals surface area (Å²) in [5.41, 5.74) is 1.13. The van der Waals surface area contributed by atoms with Gasteiger partial charge in [0, 0.05) is 17.1 Å². The average Bonchev–Trinajstić information content (AvgIpc) is 2.74. The van der Waals surface area contributed by atoms with Crippen molar-refractivity contribution in [3.63, 3.8) is 0 Å². The Hall–Kier alpha value is -0.570. The molecule has 0 saturated heterocycles. The Morgan fingerprint density at radius 3 is 2.65 bits per heavy atom.